The summed E-state index contributed by atoms with van der Waals surface area (Å²) in [5.74, 6) is -9.11. The summed E-state index contributed by atoms with van der Waals surface area (Å²) in [6.45, 7) is 2.90. The van der Waals surface area contributed by atoms with Gasteiger partial charge >= 0.3 is 17.7 Å². The van der Waals surface area contributed by atoms with Crippen molar-refractivity contribution in [3.05, 3.63) is 0 Å². The van der Waals surface area contributed by atoms with Crippen molar-refractivity contribution in [2.24, 2.45) is 0 Å². The van der Waals surface area contributed by atoms with E-state index in [0.29, 0.717) is 0 Å². The molecular weight excluding hydrogens is 248 g/mol. The third-order valence-corrected chi connectivity index (χ3v) is 2.10. The highest BCUT2D eigenvalue weighted by Crippen LogP contribution is 2.24. The number of esters is 2. The molecular formula is C10H18O8. The average Bonchev–Trinajstić information content (AvgIpc) is 2.27. The second kappa shape index (κ2) is 6.64. The minimum atomic E-state index is -3.52. The molecule has 0 aromatic rings. The molecule has 4 N–H and O–H groups in total. The standard InChI is InChI=1S/C10H18O8/c1-3-17-7(11)5-6-9(13,14)10(15,16)8(12)18-4-2/h13-16H,3-6H2,1-2H3. The Hall–Kier alpha value is -1.22. The number of rotatable bonds is 7. The van der Waals surface area contributed by atoms with Gasteiger partial charge in [-0.2, -0.15) is 0 Å². The van der Waals surface area contributed by atoms with Gasteiger partial charge in [-0.3, -0.25) is 4.79 Å². The molecule has 0 aromatic carbocycles. The van der Waals surface area contributed by atoms with E-state index in [-0.39, 0.29) is 13.2 Å². The van der Waals surface area contributed by atoms with Gasteiger partial charge in [0, 0.05) is 6.42 Å². The van der Waals surface area contributed by atoms with Gasteiger partial charge in [0.05, 0.1) is 19.6 Å². The lowest BCUT2D eigenvalue weighted by atomic mass is 10.0. The zero-order chi connectivity index (χ0) is 14.4. The molecule has 0 amide bonds. The molecule has 0 saturated heterocycles. The molecule has 0 bridgehead atoms. The lowest BCUT2D eigenvalue weighted by Crippen LogP contribution is -2.60. The molecule has 8 nitrogen and oxygen atoms in total. The zero-order valence-corrected chi connectivity index (χ0v) is 10.3. The van der Waals surface area contributed by atoms with Crippen molar-refractivity contribution in [3.8, 4) is 0 Å². The maximum Gasteiger partial charge on any atom is 0.372 e. The van der Waals surface area contributed by atoms with E-state index in [9.17, 15) is 30.0 Å². The van der Waals surface area contributed by atoms with Crippen LogP contribution in [0.3, 0.4) is 0 Å². The first-order chi connectivity index (χ1) is 8.19. The maximum atomic E-state index is 11.1. The van der Waals surface area contributed by atoms with E-state index in [1.807, 2.05) is 0 Å². The largest absolute Gasteiger partial charge is 0.466 e. The maximum absolute atomic E-state index is 11.1. The highest BCUT2D eigenvalue weighted by molar-refractivity contribution is 5.78. The van der Waals surface area contributed by atoms with Crippen molar-refractivity contribution < 1.29 is 39.5 Å². The summed E-state index contributed by atoms with van der Waals surface area (Å²) in [5, 5.41) is 37.4. The van der Waals surface area contributed by atoms with Gasteiger partial charge in [-0.15, -0.1) is 0 Å². The lowest BCUT2D eigenvalue weighted by Gasteiger charge is -2.32. The van der Waals surface area contributed by atoms with Crippen LogP contribution in [0.5, 0.6) is 0 Å². The lowest BCUT2D eigenvalue weighted by molar-refractivity contribution is -0.347. The Bertz CT molecular complexity index is 296. The number of hydrogen-bond acceptors (Lipinski definition) is 8. The fraction of sp³-hybridized carbons (Fsp3) is 0.800. The molecule has 0 rings (SSSR count). The molecule has 0 spiro atoms. The first-order valence-corrected chi connectivity index (χ1v) is 5.41. The van der Waals surface area contributed by atoms with Gasteiger partial charge in [-0.1, -0.05) is 0 Å². The molecule has 0 aromatic heterocycles. The molecule has 0 unspecified atom stereocenters. The van der Waals surface area contributed by atoms with Gasteiger partial charge in [-0.05, 0) is 13.8 Å². The second-order valence-corrected chi connectivity index (χ2v) is 3.51. The van der Waals surface area contributed by atoms with E-state index >= 15 is 0 Å². The van der Waals surface area contributed by atoms with Crippen LogP contribution in [0.4, 0.5) is 0 Å². The zero-order valence-electron chi connectivity index (χ0n) is 10.3. The summed E-state index contributed by atoms with van der Waals surface area (Å²) in [6.07, 6.45) is -1.29. The van der Waals surface area contributed by atoms with Crippen LogP contribution in [0.15, 0.2) is 0 Å². The summed E-state index contributed by atoms with van der Waals surface area (Å²) in [4.78, 5) is 22.1. The SMILES string of the molecule is CCOC(=O)CCC(O)(O)C(O)(O)C(=O)OCC. The third-order valence-electron chi connectivity index (χ3n) is 2.10. The molecule has 106 valence electrons. The van der Waals surface area contributed by atoms with Crippen molar-refractivity contribution in [1.29, 1.82) is 0 Å². The monoisotopic (exact) mass is 266 g/mol. The summed E-state index contributed by atoms with van der Waals surface area (Å²) in [5.41, 5.74) is 0. The van der Waals surface area contributed by atoms with E-state index in [2.05, 4.69) is 9.47 Å². The van der Waals surface area contributed by atoms with Gasteiger partial charge in [0.1, 0.15) is 0 Å². The molecule has 0 saturated carbocycles. The molecule has 0 radical (unpaired) electrons. The van der Waals surface area contributed by atoms with E-state index < -0.39 is 36.4 Å². The van der Waals surface area contributed by atoms with Crippen LogP contribution in [-0.2, 0) is 19.1 Å². The number of carbonyl (C=O) groups is 2. The molecule has 0 aliphatic heterocycles. The molecule has 0 atom stereocenters. The Kier molecular flexibility index (Phi) is 6.19. The Morgan fingerprint density at radius 3 is 1.94 bits per heavy atom. The van der Waals surface area contributed by atoms with E-state index in [4.69, 9.17) is 0 Å². The number of carbonyl (C=O) groups excluding carboxylic acids is 2. The van der Waals surface area contributed by atoms with Crippen molar-refractivity contribution in [2.45, 2.75) is 38.3 Å². The average molecular weight is 266 g/mol. The number of hydrogen-bond donors (Lipinski definition) is 4. The van der Waals surface area contributed by atoms with Crippen molar-refractivity contribution in [2.75, 3.05) is 13.2 Å². The molecule has 18 heavy (non-hydrogen) atoms. The minimum absolute atomic E-state index is 0.101. The van der Waals surface area contributed by atoms with Gasteiger partial charge in [-0.25, -0.2) is 4.79 Å². The van der Waals surface area contributed by atoms with Crippen LogP contribution in [0.2, 0.25) is 0 Å². The predicted molar refractivity (Wildman–Crippen MR) is 56.8 cm³/mol. The van der Waals surface area contributed by atoms with Crippen LogP contribution >= 0.6 is 0 Å². The first kappa shape index (κ1) is 16.8. The van der Waals surface area contributed by atoms with E-state index in [1.165, 1.54) is 6.92 Å². The summed E-state index contributed by atoms with van der Waals surface area (Å²) in [7, 11) is 0. The summed E-state index contributed by atoms with van der Waals surface area (Å²) in [6, 6.07) is 0. The van der Waals surface area contributed by atoms with Crippen LogP contribution in [0.1, 0.15) is 26.7 Å². The normalized spacial score (nSPS) is 12.1. The summed E-state index contributed by atoms with van der Waals surface area (Å²) >= 11 is 0. The van der Waals surface area contributed by atoms with Crippen LogP contribution in [0, 0.1) is 0 Å². The smallest absolute Gasteiger partial charge is 0.372 e. The van der Waals surface area contributed by atoms with Gasteiger partial charge in [0.25, 0.3) is 0 Å². The van der Waals surface area contributed by atoms with Crippen molar-refractivity contribution >= 4 is 11.9 Å². The Labute approximate surface area is 104 Å². The second-order valence-electron chi connectivity index (χ2n) is 3.51. The van der Waals surface area contributed by atoms with Gasteiger partial charge in [0.15, 0.2) is 0 Å². The molecule has 0 aliphatic rings. The Balaban J connectivity index is 4.59. The van der Waals surface area contributed by atoms with E-state index in [0.717, 1.165) is 0 Å². The molecule has 0 heterocycles. The molecule has 0 aliphatic carbocycles. The Morgan fingerprint density at radius 1 is 1.00 bits per heavy atom. The highest BCUT2D eigenvalue weighted by atomic mass is 16.6. The topological polar surface area (TPSA) is 134 Å². The minimum Gasteiger partial charge on any atom is -0.466 e. The third kappa shape index (κ3) is 4.22. The fourth-order valence-electron chi connectivity index (χ4n) is 1.08. The first-order valence-electron chi connectivity index (χ1n) is 5.41. The highest BCUT2D eigenvalue weighted by Gasteiger charge is 2.54. The van der Waals surface area contributed by atoms with Crippen molar-refractivity contribution in [3.63, 3.8) is 0 Å². The van der Waals surface area contributed by atoms with E-state index in [1.54, 1.807) is 6.92 Å². The van der Waals surface area contributed by atoms with Crippen LogP contribution < -0.4 is 0 Å². The number of aliphatic hydroxyl groups is 4. The molecule has 0 fully saturated rings. The van der Waals surface area contributed by atoms with Crippen molar-refractivity contribution in [1.82, 2.24) is 0 Å². The predicted octanol–water partition coefficient (Wildman–Crippen LogP) is -1.75. The quantitative estimate of drug-likeness (QED) is 0.315. The molecule has 8 heteroatoms. The van der Waals surface area contributed by atoms with Crippen LogP contribution in [0.25, 0.3) is 0 Å². The fourth-order valence-corrected chi connectivity index (χ4v) is 1.08. The van der Waals surface area contributed by atoms with Gasteiger partial charge < -0.3 is 29.9 Å². The van der Waals surface area contributed by atoms with Crippen LogP contribution in [-0.4, -0.2) is 57.2 Å². The number of ether oxygens (including phenoxy) is 2. The summed E-state index contributed by atoms with van der Waals surface area (Å²) < 4.78 is 8.79. The van der Waals surface area contributed by atoms with Gasteiger partial charge in [0.2, 0.25) is 5.79 Å². The Morgan fingerprint density at radius 2 is 1.50 bits per heavy atom.